The van der Waals surface area contributed by atoms with Crippen LogP contribution in [0.15, 0.2) is 4.34 Å². The van der Waals surface area contributed by atoms with Gasteiger partial charge in [-0.25, -0.2) is 4.98 Å². The van der Waals surface area contributed by atoms with E-state index in [9.17, 15) is 0 Å². The minimum atomic E-state index is 0.124. The van der Waals surface area contributed by atoms with Crippen LogP contribution in [0.4, 0.5) is 0 Å². The van der Waals surface area contributed by atoms with Crippen LogP contribution in [0.2, 0.25) is 0 Å². The molecule has 0 aromatic carbocycles. The monoisotopic (exact) mass is 247 g/mol. The van der Waals surface area contributed by atoms with Crippen LogP contribution in [0.3, 0.4) is 0 Å². The molecule has 0 radical (unpaired) electrons. The molecule has 4 nitrogen and oxygen atoms in total. The Balaban J connectivity index is 2.34. The zero-order valence-electron chi connectivity index (χ0n) is 9.23. The Morgan fingerprint density at radius 3 is 2.73 bits per heavy atom. The molecule has 0 saturated carbocycles. The quantitative estimate of drug-likeness (QED) is 0.742. The molecule has 0 spiro atoms. The highest BCUT2D eigenvalue weighted by molar-refractivity contribution is 8.00. The number of rotatable bonds is 6. The van der Waals surface area contributed by atoms with Gasteiger partial charge in [0.25, 0.3) is 0 Å². The van der Waals surface area contributed by atoms with Gasteiger partial charge in [-0.05, 0) is 18.5 Å². The molecule has 0 amide bonds. The molecule has 86 valence electrons. The second kappa shape index (κ2) is 6.42. The Morgan fingerprint density at radius 1 is 1.53 bits per heavy atom. The lowest BCUT2D eigenvalue weighted by molar-refractivity contribution is 0.247. The fourth-order valence-electron chi connectivity index (χ4n) is 1.13. The summed E-state index contributed by atoms with van der Waals surface area (Å²) in [7, 11) is 0. The second-order valence-electron chi connectivity index (χ2n) is 3.62. The van der Waals surface area contributed by atoms with Crippen molar-refractivity contribution in [3.8, 4) is 0 Å². The van der Waals surface area contributed by atoms with Gasteiger partial charge in [-0.3, -0.25) is 0 Å². The van der Waals surface area contributed by atoms with Gasteiger partial charge < -0.3 is 10.4 Å². The van der Waals surface area contributed by atoms with E-state index in [0.717, 1.165) is 15.9 Å². The summed E-state index contributed by atoms with van der Waals surface area (Å²) in [6.45, 7) is 6.18. The smallest absolute Gasteiger partial charge is 0.170 e. The fourth-order valence-corrected chi connectivity index (χ4v) is 2.83. The summed E-state index contributed by atoms with van der Waals surface area (Å²) in [6, 6.07) is 0.512. The van der Waals surface area contributed by atoms with Crippen molar-refractivity contribution in [3.63, 3.8) is 0 Å². The van der Waals surface area contributed by atoms with Gasteiger partial charge in [0.1, 0.15) is 5.82 Å². The zero-order valence-corrected chi connectivity index (χ0v) is 10.9. The second-order valence-corrected chi connectivity index (χ2v) is 5.64. The molecule has 1 rings (SSSR count). The summed E-state index contributed by atoms with van der Waals surface area (Å²) in [5, 5.41) is 12.4. The topological polar surface area (TPSA) is 58.0 Å². The number of aryl methyl sites for hydroxylation is 1. The van der Waals surface area contributed by atoms with Crippen LogP contribution >= 0.6 is 23.3 Å². The molecule has 0 aliphatic rings. The number of nitrogens with zero attached hydrogens (tertiary/aromatic N) is 2. The number of nitrogens with one attached hydrogen (secondary N) is 1. The summed E-state index contributed by atoms with van der Waals surface area (Å²) < 4.78 is 5.08. The maximum Gasteiger partial charge on any atom is 0.170 e. The van der Waals surface area contributed by atoms with E-state index in [-0.39, 0.29) is 12.6 Å². The van der Waals surface area contributed by atoms with Gasteiger partial charge >= 0.3 is 0 Å². The highest BCUT2D eigenvalue weighted by Gasteiger charge is 2.10. The summed E-state index contributed by atoms with van der Waals surface area (Å²) in [6.07, 6.45) is 0. The van der Waals surface area contributed by atoms with E-state index in [1.54, 1.807) is 11.8 Å². The maximum absolute atomic E-state index is 9.15. The third kappa shape index (κ3) is 4.92. The standard InChI is InChI=1S/C9H17N3OS2/c1-6(2)10-8(4-13)5-14-9-11-7(3)12-15-9/h6,8,10,13H,4-5H2,1-3H3. The Labute approximate surface area is 98.7 Å². The lowest BCUT2D eigenvalue weighted by Crippen LogP contribution is -2.39. The van der Waals surface area contributed by atoms with Crippen molar-refractivity contribution in [2.75, 3.05) is 12.4 Å². The van der Waals surface area contributed by atoms with Crippen molar-refractivity contribution in [3.05, 3.63) is 5.82 Å². The van der Waals surface area contributed by atoms with Gasteiger partial charge in [0.15, 0.2) is 4.34 Å². The van der Waals surface area contributed by atoms with E-state index < -0.39 is 0 Å². The van der Waals surface area contributed by atoms with Crippen molar-refractivity contribution in [2.24, 2.45) is 0 Å². The van der Waals surface area contributed by atoms with Crippen LogP contribution in [-0.2, 0) is 0 Å². The van der Waals surface area contributed by atoms with Gasteiger partial charge in [-0.2, -0.15) is 4.37 Å². The highest BCUT2D eigenvalue weighted by atomic mass is 32.2. The Kier molecular flexibility index (Phi) is 5.52. The summed E-state index contributed by atoms with van der Waals surface area (Å²) in [5.41, 5.74) is 0. The van der Waals surface area contributed by atoms with Crippen LogP contribution in [0.1, 0.15) is 19.7 Å². The van der Waals surface area contributed by atoms with Crippen molar-refractivity contribution in [2.45, 2.75) is 37.2 Å². The summed E-state index contributed by atoms with van der Waals surface area (Å²) >= 11 is 3.05. The van der Waals surface area contributed by atoms with Gasteiger partial charge in [0.2, 0.25) is 0 Å². The minimum absolute atomic E-state index is 0.124. The van der Waals surface area contributed by atoms with Gasteiger partial charge in [-0.1, -0.05) is 25.6 Å². The molecule has 1 heterocycles. The molecule has 1 unspecified atom stereocenters. The predicted molar refractivity (Wildman–Crippen MR) is 64.5 cm³/mol. The minimum Gasteiger partial charge on any atom is -0.395 e. The summed E-state index contributed by atoms with van der Waals surface area (Å²) in [5.74, 6) is 1.64. The third-order valence-electron chi connectivity index (χ3n) is 1.71. The highest BCUT2D eigenvalue weighted by Crippen LogP contribution is 2.20. The van der Waals surface area contributed by atoms with E-state index in [1.165, 1.54) is 11.5 Å². The lowest BCUT2D eigenvalue weighted by atomic mass is 10.3. The Bertz CT molecular complexity index is 291. The number of thioether (sulfide) groups is 1. The van der Waals surface area contributed by atoms with Crippen LogP contribution in [-0.4, -0.2) is 38.9 Å². The molecular weight excluding hydrogens is 230 g/mol. The predicted octanol–water partition coefficient (Wildman–Crippen LogP) is 1.30. The summed E-state index contributed by atoms with van der Waals surface area (Å²) in [4.78, 5) is 4.26. The van der Waals surface area contributed by atoms with Crippen LogP contribution in [0, 0.1) is 6.92 Å². The van der Waals surface area contributed by atoms with Gasteiger partial charge in [-0.15, -0.1) is 0 Å². The van der Waals surface area contributed by atoms with Crippen LogP contribution < -0.4 is 5.32 Å². The first-order chi connectivity index (χ1) is 7.11. The number of hydrogen-bond donors (Lipinski definition) is 2. The first-order valence-corrected chi connectivity index (χ1v) is 6.67. The molecule has 1 atom stereocenters. The fraction of sp³-hybridized carbons (Fsp3) is 0.778. The van der Waals surface area contributed by atoms with Gasteiger partial charge in [0.05, 0.1) is 6.61 Å². The largest absolute Gasteiger partial charge is 0.395 e. The van der Waals surface area contributed by atoms with Crippen molar-refractivity contribution in [1.29, 1.82) is 0 Å². The Hall–Kier alpha value is -0.170. The molecule has 6 heteroatoms. The van der Waals surface area contributed by atoms with E-state index in [4.69, 9.17) is 5.11 Å². The third-order valence-corrected chi connectivity index (χ3v) is 3.79. The molecule has 0 aliphatic heterocycles. The van der Waals surface area contributed by atoms with Crippen LogP contribution in [0.25, 0.3) is 0 Å². The Morgan fingerprint density at radius 2 is 2.27 bits per heavy atom. The van der Waals surface area contributed by atoms with Crippen molar-refractivity contribution >= 4 is 23.3 Å². The van der Waals surface area contributed by atoms with E-state index in [0.29, 0.717) is 6.04 Å². The van der Waals surface area contributed by atoms with Gasteiger partial charge in [0, 0.05) is 17.8 Å². The van der Waals surface area contributed by atoms with E-state index in [2.05, 4.69) is 28.5 Å². The normalized spacial score (nSPS) is 13.4. The maximum atomic E-state index is 9.15. The number of aliphatic hydroxyl groups excluding tert-OH is 1. The first kappa shape index (κ1) is 12.9. The molecule has 1 aromatic rings. The zero-order chi connectivity index (χ0) is 11.3. The number of aliphatic hydroxyl groups is 1. The molecule has 15 heavy (non-hydrogen) atoms. The number of hydrogen-bond acceptors (Lipinski definition) is 6. The molecule has 2 N–H and O–H groups in total. The molecule has 1 aromatic heterocycles. The average molecular weight is 247 g/mol. The van der Waals surface area contributed by atoms with Crippen molar-refractivity contribution < 1.29 is 5.11 Å². The van der Waals surface area contributed by atoms with Crippen molar-refractivity contribution in [1.82, 2.24) is 14.7 Å². The van der Waals surface area contributed by atoms with E-state index in [1.807, 2.05) is 6.92 Å². The molecule has 0 saturated heterocycles. The van der Waals surface area contributed by atoms with E-state index >= 15 is 0 Å². The lowest BCUT2D eigenvalue weighted by Gasteiger charge is -2.17. The SMILES string of the molecule is Cc1nsc(SCC(CO)NC(C)C)n1. The molecule has 0 fully saturated rings. The molecular formula is C9H17N3OS2. The average Bonchev–Trinajstić information content (AvgIpc) is 2.58. The number of aromatic nitrogens is 2. The molecule has 0 bridgehead atoms. The first-order valence-electron chi connectivity index (χ1n) is 4.92. The molecule has 0 aliphatic carbocycles. The van der Waals surface area contributed by atoms with Crippen LogP contribution in [0.5, 0.6) is 0 Å².